The van der Waals surface area contributed by atoms with Crippen molar-refractivity contribution in [3.63, 3.8) is 0 Å². The second-order valence-electron chi connectivity index (χ2n) is 38.1. The summed E-state index contributed by atoms with van der Waals surface area (Å²) in [5.41, 5.74) is 1.57. The van der Waals surface area contributed by atoms with E-state index >= 15 is 0 Å². The van der Waals surface area contributed by atoms with Crippen LogP contribution in [0.3, 0.4) is 0 Å². The molecule has 2 aromatic carbocycles. The maximum absolute atomic E-state index is 13.1. The molecule has 0 radical (unpaired) electrons. The third kappa shape index (κ3) is 19.6. The Kier molecular flexibility index (Phi) is 25.9. The molecule has 0 saturated heterocycles. The highest BCUT2D eigenvalue weighted by molar-refractivity contribution is 5.97. The van der Waals surface area contributed by atoms with Gasteiger partial charge in [-0.15, -0.1) is 0 Å². The number of hydrogen-bond acceptors (Lipinski definition) is 24. The summed E-state index contributed by atoms with van der Waals surface area (Å²) in [5.74, 6) is 2.73. The fraction of sp³-hybridized carbons (Fsp3) is 0.459. The van der Waals surface area contributed by atoms with Crippen molar-refractivity contribution in [3.05, 3.63) is 245 Å². The predicted molar refractivity (Wildman–Crippen MR) is 465 cm³/mol. The molecule has 30 heteroatoms. The number of nitrogens with zero attached hydrogens (tertiary/aromatic N) is 12. The zero-order valence-electron chi connectivity index (χ0n) is 73.0. The van der Waals surface area contributed by atoms with Crippen LogP contribution in [0.4, 0.5) is 9.59 Å². The minimum Gasteiger partial charge on any atom is -0.458 e. The van der Waals surface area contributed by atoms with Crippen LogP contribution in [0, 0.1) is 70.0 Å². The highest BCUT2D eigenvalue weighted by Gasteiger charge is 2.65. The van der Waals surface area contributed by atoms with Crippen LogP contribution in [0.1, 0.15) is 212 Å². The number of carbonyl (C=O) groups excluding carboxylic acids is 11. The molecular formula is C98H110N12O18. The van der Waals surface area contributed by atoms with Crippen LogP contribution in [0.15, 0.2) is 228 Å². The van der Waals surface area contributed by atoms with Crippen molar-refractivity contribution in [2.24, 2.45) is 70.0 Å². The maximum atomic E-state index is 13.1. The van der Waals surface area contributed by atoms with Gasteiger partial charge in [-0.05, 0) is 252 Å². The van der Waals surface area contributed by atoms with Gasteiger partial charge in [-0.25, -0.2) is 72.6 Å². The van der Waals surface area contributed by atoms with E-state index in [1.54, 1.807) is 167 Å². The van der Waals surface area contributed by atoms with Gasteiger partial charge >= 0.3 is 42.0 Å². The lowest BCUT2D eigenvalue weighted by molar-refractivity contribution is -0.216. The zero-order valence-corrected chi connectivity index (χ0v) is 73.0. The molecule has 24 rings (SSSR count). The van der Waals surface area contributed by atoms with Crippen molar-refractivity contribution in [1.29, 1.82) is 0 Å². The number of imidazole rings is 6. The number of esters is 5. The molecule has 8 unspecified atom stereocenters. The molecule has 16 saturated carbocycles. The van der Waals surface area contributed by atoms with E-state index < -0.39 is 34.3 Å². The summed E-state index contributed by atoms with van der Waals surface area (Å²) in [6.07, 6.45) is 49.1. The summed E-state index contributed by atoms with van der Waals surface area (Å²) in [4.78, 5) is 157. The Labute approximate surface area is 742 Å². The number of benzene rings is 2. The third-order valence-corrected chi connectivity index (χ3v) is 27.7. The van der Waals surface area contributed by atoms with Crippen molar-refractivity contribution >= 4 is 71.7 Å². The average Bonchev–Trinajstić information content (AvgIpc) is 0.985. The Bertz CT molecular complexity index is 5490. The van der Waals surface area contributed by atoms with Crippen LogP contribution < -0.4 is 4.74 Å². The summed E-state index contributed by atoms with van der Waals surface area (Å²) in [7, 11) is 0. The molecule has 8 atom stereocenters. The number of rotatable bonds is 17. The quantitative estimate of drug-likeness (QED) is 0.0353. The van der Waals surface area contributed by atoms with Gasteiger partial charge in [0.2, 0.25) is 11.8 Å². The molecule has 0 N–H and O–H groups in total. The number of ether oxygens (including phenoxy) is 7. The molecule has 6 aromatic heterocycles. The first-order chi connectivity index (χ1) is 61.1. The van der Waals surface area contributed by atoms with E-state index in [9.17, 15) is 52.7 Å². The second kappa shape index (κ2) is 36.8. The minimum atomic E-state index is -0.527. The van der Waals surface area contributed by atoms with Crippen LogP contribution in [0.5, 0.6) is 5.75 Å². The summed E-state index contributed by atoms with van der Waals surface area (Å²) >= 11 is 0. The topological polar surface area (TPSA) is 359 Å². The molecule has 128 heavy (non-hydrogen) atoms. The molecule has 16 bridgehead atoms. The molecular weight excluding hydrogens is 1630 g/mol. The van der Waals surface area contributed by atoms with E-state index in [-0.39, 0.29) is 88.7 Å². The molecule has 16 aliphatic carbocycles. The smallest absolute Gasteiger partial charge is 0.419 e. The number of hydrogen-bond donors (Lipinski definition) is 0. The first kappa shape index (κ1) is 89.9. The van der Waals surface area contributed by atoms with Gasteiger partial charge in [-0.3, -0.25) is 37.4 Å². The molecule has 8 aromatic rings. The molecule has 16 fully saturated rings. The Hall–Kier alpha value is -12.9. The van der Waals surface area contributed by atoms with E-state index in [4.69, 9.17) is 33.2 Å². The number of aromatic nitrogens is 12. The molecule has 30 nitrogen and oxygen atoms in total. The Balaban J connectivity index is 0.000000119. The lowest BCUT2D eigenvalue weighted by Gasteiger charge is -2.60. The summed E-state index contributed by atoms with van der Waals surface area (Å²) in [6, 6.07) is 13.6. The highest BCUT2D eigenvalue weighted by Crippen LogP contribution is 2.66. The largest absolute Gasteiger partial charge is 0.458 e. The predicted octanol–water partition coefficient (Wildman–Crippen LogP) is 16.1. The van der Waals surface area contributed by atoms with Gasteiger partial charge in [0, 0.05) is 138 Å². The van der Waals surface area contributed by atoms with Crippen molar-refractivity contribution in [2.45, 2.75) is 210 Å². The fourth-order valence-electron chi connectivity index (χ4n) is 23.7. The van der Waals surface area contributed by atoms with E-state index in [0.29, 0.717) is 105 Å². The van der Waals surface area contributed by atoms with Gasteiger partial charge in [0.15, 0.2) is 0 Å². The van der Waals surface area contributed by atoms with Gasteiger partial charge in [0.1, 0.15) is 78.3 Å². The normalized spacial score (nSPS) is 29.8. The first-order valence-corrected chi connectivity index (χ1v) is 43.9. The van der Waals surface area contributed by atoms with Crippen molar-refractivity contribution < 1.29 is 85.9 Å². The van der Waals surface area contributed by atoms with Gasteiger partial charge in [-0.2, -0.15) is 0 Å². The Morgan fingerprint density at radius 2 is 0.672 bits per heavy atom. The second-order valence-corrected chi connectivity index (χ2v) is 38.1. The molecule has 6 heterocycles. The minimum absolute atomic E-state index is 0.0422. The Morgan fingerprint density at radius 1 is 0.336 bits per heavy atom. The van der Waals surface area contributed by atoms with Gasteiger partial charge < -0.3 is 33.2 Å². The summed E-state index contributed by atoms with van der Waals surface area (Å²) < 4.78 is 48.8. The molecule has 0 amide bonds. The maximum Gasteiger partial charge on any atom is 0.419 e. The lowest BCUT2D eigenvalue weighted by Crippen LogP contribution is -2.62. The van der Waals surface area contributed by atoms with E-state index in [1.807, 2.05) is 12.1 Å². The standard InChI is InChI=1S/2C18H22N2O4.2C18H22N2O3.C14H12N2O3.C12H10N2O/c1-12(2)15(21)23-17-6-13-5-14(7-17)9-18(8-13,10-17)24-16(22)20-4-3-19-11-20;1-11(2)16(21)24-18-7-12-5-13(8-18)15(14(6-12)9-18)23-17(22)20-4-3-19-10-20;1-12(2)15(21)23-18-8-13-5-14(9-18)7-17(6-13,10-18)16(22)20-4-3-19-11-20;1-11(2)16(21)23-15-13-5-12-6-14(15)9-18(7-12,8-13)17(22)20-4-3-19-10-20;1-10(2)14(18)19-12-5-3-11(4-6-12)13(17)16-8-7-15-9-16;1-2-10-3-5-11(6-4-10)12(15)14-8-7-13-9-14/h3-4,11,13-14H,1,5-10H2,2H3;3-4,10,12-15H,1,5-9H2,2H3;3-4,11,13-14H,1,5-10H2,2H3;3-4,10,12-15H,1,5-9H2,2H3;3-9H,1H2,2H3;2-9H,1H2. The van der Waals surface area contributed by atoms with Crippen LogP contribution in [-0.4, -0.2) is 158 Å². The van der Waals surface area contributed by atoms with E-state index in [1.165, 1.54) is 49.8 Å². The first-order valence-electron chi connectivity index (χ1n) is 43.9. The van der Waals surface area contributed by atoms with Crippen LogP contribution in [0.2, 0.25) is 0 Å². The van der Waals surface area contributed by atoms with Crippen LogP contribution in [-0.2, 0) is 52.4 Å². The van der Waals surface area contributed by atoms with Gasteiger partial charge in [-0.1, -0.05) is 57.7 Å². The summed E-state index contributed by atoms with van der Waals surface area (Å²) in [6.45, 7) is 30.2. The van der Waals surface area contributed by atoms with Crippen LogP contribution >= 0.6 is 0 Å². The SMILES string of the molecule is C=C(C)C(=O)OC12CC3CC(C1)C(OC(=O)n1ccnc1)C(C3)C2.C=C(C)C(=O)OC12CC3CC(C1)CC(C(=O)n1ccnc1)(C3)C2.C=C(C)C(=O)OC12CC3CC(C1)CC(OC(=O)n1ccnc1)(C3)C2.C=C(C)C(=O)OC1C2CC3CC1CC(C(=O)n1ccnc1)(C3)C2.C=C(C)C(=O)Oc1ccc(C(=O)n2ccnc2)cc1.C=Cc1ccc(C(=O)n2ccnc2)cc1. The van der Waals surface area contributed by atoms with E-state index in [2.05, 4.69) is 69.4 Å². The van der Waals surface area contributed by atoms with Crippen molar-refractivity contribution in [2.75, 3.05) is 0 Å². The average molecular weight is 1740 g/mol. The Morgan fingerprint density at radius 3 is 1.09 bits per heavy atom. The van der Waals surface area contributed by atoms with Gasteiger partial charge in [0.05, 0.1) is 10.8 Å². The molecule has 0 aliphatic heterocycles. The van der Waals surface area contributed by atoms with Crippen molar-refractivity contribution in [1.82, 2.24) is 57.3 Å². The lowest BCUT2D eigenvalue weighted by atomic mass is 9.47. The van der Waals surface area contributed by atoms with Crippen LogP contribution in [0.25, 0.3) is 6.08 Å². The summed E-state index contributed by atoms with van der Waals surface area (Å²) in [5, 5.41) is 0. The van der Waals surface area contributed by atoms with Crippen molar-refractivity contribution in [3.8, 4) is 5.75 Å². The monoisotopic (exact) mass is 1740 g/mol. The van der Waals surface area contributed by atoms with Gasteiger partial charge in [0.25, 0.3) is 11.8 Å². The zero-order chi connectivity index (χ0) is 90.8. The molecule has 16 aliphatic rings. The number of carbonyl (C=O) groups is 11. The molecule has 670 valence electrons. The highest BCUT2D eigenvalue weighted by atomic mass is 16.6. The van der Waals surface area contributed by atoms with E-state index in [0.717, 1.165) is 134 Å². The third-order valence-electron chi connectivity index (χ3n) is 27.7. The molecule has 0 spiro atoms. The fourth-order valence-corrected chi connectivity index (χ4v) is 23.7.